The van der Waals surface area contributed by atoms with E-state index in [1.165, 1.54) is 0 Å². The molecule has 0 unspecified atom stereocenters. The molecule has 3 heteroatoms. The van der Waals surface area contributed by atoms with Crippen molar-refractivity contribution in [3.63, 3.8) is 0 Å². The van der Waals surface area contributed by atoms with Crippen molar-refractivity contribution in [2.75, 3.05) is 6.61 Å². The predicted octanol–water partition coefficient (Wildman–Crippen LogP) is 3.79. The van der Waals surface area contributed by atoms with Crippen LogP contribution >= 0.6 is 0 Å². The van der Waals surface area contributed by atoms with Crippen molar-refractivity contribution in [1.29, 1.82) is 0 Å². The molecule has 0 amide bonds. The van der Waals surface area contributed by atoms with Crippen LogP contribution in [0.3, 0.4) is 0 Å². The van der Waals surface area contributed by atoms with Gasteiger partial charge in [0.25, 0.3) is 0 Å². The molecule has 0 aliphatic rings. The summed E-state index contributed by atoms with van der Waals surface area (Å²) in [6.07, 6.45) is 10.7. The fourth-order valence-corrected chi connectivity index (χ4v) is 1.21. The van der Waals surface area contributed by atoms with Gasteiger partial charge >= 0.3 is 5.97 Å². The molecule has 0 heterocycles. The maximum atomic E-state index is 11.1. The normalized spacial score (nSPS) is 10.9. The van der Waals surface area contributed by atoms with Crippen LogP contribution in [0.1, 0.15) is 58.8 Å². The van der Waals surface area contributed by atoms with E-state index in [4.69, 9.17) is 4.89 Å². The molecule has 0 N–H and O–H groups in total. The van der Waals surface area contributed by atoms with Gasteiger partial charge in [0.15, 0.2) is 0 Å². The van der Waals surface area contributed by atoms with Crippen LogP contribution in [0.15, 0.2) is 12.2 Å². The van der Waals surface area contributed by atoms with E-state index in [1.54, 1.807) is 0 Å². The highest BCUT2D eigenvalue weighted by molar-refractivity contribution is 5.68. The minimum Gasteiger partial charge on any atom is -0.298 e. The van der Waals surface area contributed by atoms with Crippen LogP contribution < -0.4 is 0 Å². The van der Waals surface area contributed by atoms with Crippen LogP contribution in [0.5, 0.6) is 0 Å². The third kappa shape index (κ3) is 11.2. The molecule has 0 saturated carbocycles. The second-order valence-corrected chi connectivity index (χ2v) is 3.76. The Morgan fingerprint density at radius 1 is 1.12 bits per heavy atom. The quantitative estimate of drug-likeness (QED) is 0.247. The van der Waals surface area contributed by atoms with Gasteiger partial charge in [0, 0.05) is 6.42 Å². The lowest BCUT2D eigenvalue weighted by atomic mass is 10.2. The summed E-state index contributed by atoms with van der Waals surface area (Å²) in [4.78, 5) is 20.5. The number of rotatable bonds is 10. The van der Waals surface area contributed by atoms with Crippen molar-refractivity contribution in [3.8, 4) is 0 Å². The number of carbonyl (C=O) groups excluding carboxylic acids is 1. The van der Waals surface area contributed by atoms with E-state index in [1.807, 2.05) is 0 Å². The SMILES string of the molecule is CC/C=C\CCCOOC(=O)CCCCC. The molecule has 0 radical (unpaired) electrons. The van der Waals surface area contributed by atoms with Crippen molar-refractivity contribution in [1.82, 2.24) is 0 Å². The zero-order chi connectivity index (χ0) is 12.1. The molecule has 0 aliphatic heterocycles. The summed E-state index contributed by atoms with van der Waals surface area (Å²) in [5.74, 6) is -0.252. The Balaban J connectivity index is 3.18. The second kappa shape index (κ2) is 12.2. The van der Waals surface area contributed by atoms with E-state index in [9.17, 15) is 4.79 Å². The highest BCUT2D eigenvalue weighted by Gasteiger charge is 2.02. The molecule has 0 rings (SSSR count). The van der Waals surface area contributed by atoms with Crippen LogP contribution in [-0.2, 0) is 14.6 Å². The zero-order valence-corrected chi connectivity index (χ0v) is 10.5. The lowest BCUT2D eigenvalue weighted by Crippen LogP contribution is -2.06. The largest absolute Gasteiger partial charge is 0.342 e. The van der Waals surface area contributed by atoms with Crippen LogP contribution in [0.4, 0.5) is 0 Å². The Morgan fingerprint density at radius 2 is 1.94 bits per heavy atom. The summed E-state index contributed by atoms with van der Waals surface area (Å²) in [7, 11) is 0. The maximum Gasteiger partial charge on any atom is 0.342 e. The van der Waals surface area contributed by atoms with Crippen LogP contribution in [0.25, 0.3) is 0 Å². The van der Waals surface area contributed by atoms with Gasteiger partial charge in [-0.15, -0.1) is 0 Å². The summed E-state index contributed by atoms with van der Waals surface area (Å²) in [5.41, 5.74) is 0. The van der Waals surface area contributed by atoms with E-state index in [-0.39, 0.29) is 5.97 Å². The highest BCUT2D eigenvalue weighted by Crippen LogP contribution is 2.01. The molecule has 0 bridgehead atoms. The van der Waals surface area contributed by atoms with Gasteiger partial charge in [-0.2, -0.15) is 4.89 Å². The molecular formula is C13H24O3. The molecule has 16 heavy (non-hydrogen) atoms. The summed E-state index contributed by atoms with van der Waals surface area (Å²) < 4.78 is 0. The Labute approximate surface area is 98.7 Å². The average Bonchev–Trinajstić information content (AvgIpc) is 2.28. The van der Waals surface area contributed by atoms with Crippen molar-refractivity contribution in [3.05, 3.63) is 12.2 Å². The molecule has 0 spiro atoms. The Bertz CT molecular complexity index is 188. The van der Waals surface area contributed by atoms with E-state index in [0.717, 1.165) is 38.5 Å². The van der Waals surface area contributed by atoms with Crippen molar-refractivity contribution in [2.45, 2.75) is 58.8 Å². The molecule has 94 valence electrons. The molecule has 0 atom stereocenters. The molecule has 0 aromatic carbocycles. The van der Waals surface area contributed by atoms with E-state index in [0.29, 0.717) is 13.0 Å². The van der Waals surface area contributed by atoms with Gasteiger partial charge in [0.1, 0.15) is 0 Å². The molecule has 3 nitrogen and oxygen atoms in total. The fourth-order valence-electron chi connectivity index (χ4n) is 1.21. The van der Waals surface area contributed by atoms with Crippen LogP contribution in [-0.4, -0.2) is 12.6 Å². The molecule has 0 aromatic rings. The molecular weight excluding hydrogens is 204 g/mol. The first kappa shape index (κ1) is 15.2. The van der Waals surface area contributed by atoms with Crippen molar-refractivity contribution >= 4 is 5.97 Å². The van der Waals surface area contributed by atoms with Gasteiger partial charge in [-0.05, 0) is 25.7 Å². The Kier molecular flexibility index (Phi) is 11.6. The smallest absolute Gasteiger partial charge is 0.298 e. The van der Waals surface area contributed by atoms with Crippen molar-refractivity contribution < 1.29 is 14.6 Å². The Morgan fingerprint density at radius 3 is 2.62 bits per heavy atom. The number of unbranched alkanes of at least 4 members (excludes halogenated alkanes) is 3. The highest BCUT2D eigenvalue weighted by atomic mass is 17.2. The van der Waals surface area contributed by atoms with Gasteiger partial charge in [-0.25, -0.2) is 4.79 Å². The van der Waals surface area contributed by atoms with E-state index >= 15 is 0 Å². The summed E-state index contributed by atoms with van der Waals surface area (Å²) in [6, 6.07) is 0. The Hall–Kier alpha value is -0.830. The molecule has 0 aromatic heterocycles. The first-order valence-corrected chi connectivity index (χ1v) is 6.28. The number of allylic oxidation sites excluding steroid dienone is 2. The summed E-state index contributed by atoms with van der Waals surface area (Å²) in [6.45, 7) is 4.68. The first-order chi connectivity index (χ1) is 7.81. The monoisotopic (exact) mass is 228 g/mol. The molecule has 0 aliphatic carbocycles. The molecule has 0 saturated heterocycles. The second-order valence-electron chi connectivity index (χ2n) is 3.76. The van der Waals surface area contributed by atoms with E-state index < -0.39 is 0 Å². The lowest BCUT2D eigenvalue weighted by molar-refractivity contribution is -0.272. The lowest BCUT2D eigenvalue weighted by Gasteiger charge is -2.02. The predicted molar refractivity (Wildman–Crippen MR) is 64.9 cm³/mol. The topological polar surface area (TPSA) is 35.5 Å². The van der Waals surface area contributed by atoms with E-state index in [2.05, 4.69) is 30.9 Å². The van der Waals surface area contributed by atoms with Crippen molar-refractivity contribution in [2.24, 2.45) is 0 Å². The van der Waals surface area contributed by atoms with Crippen LogP contribution in [0, 0.1) is 0 Å². The minimum absolute atomic E-state index is 0.252. The first-order valence-electron chi connectivity index (χ1n) is 6.28. The number of hydrogen-bond acceptors (Lipinski definition) is 3. The minimum atomic E-state index is -0.252. The van der Waals surface area contributed by atoms with Gasteiger partial charge < -0.3 is 0 Å². The standard InChI is InChI=1S/C13H24O3/c1-3-5-7-8-10-12-15-16-13(14)11-9-6-4-2/h5,7H,3-4,6,8-12H2,1-2H3/b7-5-. The summed E-state index contributed by atoms with van der Waals surface area (Å²) >= 11 is 0. The van der Waals surface area contributed by atoms with Crippen LogP contribution in [0.2, 0.25) is 0 Å². The number of hydrogen-bond donors (Lipinski definition) is 0. The fraction of sp³-hybridized carbons (Fsp3) is 0.769. The third-order valence-electron chi connectivity index (χ3n) is 2.14. The van der Waals surface area contributed by atoms with Gasteiger partial charge in [-0.3, -0.25) is 4.89 Å². The van der Waals surface area contributed by atoms with Gasteiger partial charge in [0.2, 0.25) is 0 Å². The van der Waals surface area contributed by atoms with Gasteiger partial charge in [-0.1, -0.05) is 38.8 Å². The third-order valence-corrected chi connectivity index (χ3v) is 2.14. The summed E-state index contributed by atoms with van der Waals surface area (Å²) in [5, 5.41) is 0. The maximum absolute atomic E-state index is 11.1. The molecule has 0 fully saturated rings. The average molecular weight is 228 g/mol. The number of carbonyl (C=O) groups is 1. The van der Waals surface area contributed by atoms with Gasteiger partial charge in [0.05, 0.1) is 6.61 Å². The zero-order valence-electron chi connectivity index (χ0n) is 10.5.